The predicted molar refractivity (Wildman–Crippen MR) is 100 cm³/mol. The number of hydrogen-bond donors (Lipinski definition) is 1. The Kier molecular flexibility index (Phi) is 6.81. The van der Waals surface area contributed by atoms with Gasteiger partial charge in [-0.25, -0.2) is 0 Å². The van der Waals surface area contributed by atoms with Crippen LogP contribution in [0.4, 0.5) is 0 Å². The molecule has 2 rings (SSSR count). The minimum atomic E-state index is -4.22. The van der Waals surface area contributed by atoms with Crippen LogP contribution in [0.1, 0.15) is 63.5 Å². The maximum absolute atomic E-state index is 11.9. The van der Waals surface area contributed by atoms with E-state index in [9.17, 15) is 13.0 Å². The molecule has 0 fully saturated rings. The molecule has 0 aliphatic heterocycles. The maximum Gasteiger partial charge on any atom is 0.295 e. The minimum absolute atomic E-state index is 0.0452. The van der Waals surface area contributed by atoms with Gasteiger partial charge in [-0.15, -0.1) is 0 Å². The van der Waals surface area contributed by atoms with Gasteiger partial charge in [-0.3, -0.25) is 4.55 Å². The van der Waals surface area contributed by atoms with Crippen molar-refractivity contribution in [2.75, 3.05) is 0 Å². The average Bonchev–Trinajstić information content (AvgIpc) is 2.54. The van der Waals surface area contributed by atoms with Gasteiger partial charge >= 0.3 is 0 Å². The molecule has 24 heavy (non-hydrogen) atoms. The van der Waals surface area contributed by atoms with Crippen molar-refractivity contribution < 1.29 is 13.0 Å². The monoisotopic (exact) mass is 348 g/mol. The SMILES string of the molecule is CCCCCc1cc(S(=O)(=O)O)c2cccc(CCCCC)c2c1. The lowest BCUT2D eigenvalue weighted by Gasteiger charge is -2.12. The molecule has 3 nitrogen and oxygen atoms in total. The first-order valence-electron chi connectivity index (χ1n) is 8.99. The number of aryl methyl sites for hydroxylation is 2. The number of benzene rings is 2. The fraction of sp³-hybridized carbons (Fsp3) is 0.500. The zero-order chi connectivity index (χ0) is 17.6. The Balaban J connectivity index is 2.51. The molecule has 0 heterocycles. The number of hydrogen-bond acceptors (Lipinski definition) is 2. The number of unbranched alkanes of at least 4 members (excludes halogenated alkanes) is 4. The van der Waals surface area contributed by atoms with Crippen LogP contribution >= 0.6 is 0 Å². The standard InChI is InChI=1S/C20H28O3S/c1-3-5-7-10-16-14-19-17(11-8-6-4-2)12-9-13-18(19)20(15-16)24(21,22)23/h9,12-15H,3-8,10-11H2,1-2H3,(H,21,22,23). The summed E-state index contributed by atoms with van der Waals surface area (Å²) in [6, 6.07) is 9.50. The van der Waals surface area contributed by atoms with Crippen molar-refractivity contribution in [3.8, 4) is 0 Å². The third kappa shape index (κ3) is 4.81. The van der Waals surface area contributed by atoms with Gasteiger partial charge in [0.2, 0.25) is 0 Å². The van der Waals surface area contributed by atoms with E-state index in [1.165, 1.54) is 5.56 Å². The van der Waals surface area contributed by atoms with Crippen LogP contribution in [0.3, 0.4) is 0 Å². The van der Waals surface area contributed by atoms with E-state index in [0.717, 1.165) is 62.3 Å². The highest BCUT2D eigenvalue weighted by Gasteiger charge is 2.17. The van der Waals surface area contributed by atoms with E-state index in [4.69, 9.17) is 0 Å². The molecular weight excluding hydrogens is 320 g/mol. The molecule has 0 atom stereocenters. The molecule has 0 saturated heterocycles. The van der Waals surface area contributed by atoms with Gasteiger partial charge in [0.05, 0.1) is 0 Å². The van der Waals surface area contributed by atoms with Gasteiger partial charge in [0, 0.05) is 5.39 Å². The lowest BCUT2D eigenvalue weighted by atomic mass is 9.96. The van der Waals surface area contributed by atoms with E-state index < -0.39 is 10.1 Å². The lowest BCUT2D eigenvalue weighted by Crippen LogP contribution is -2.02. The van der Waals surface area contributed by atoms with Crippen LogP contribution in [0, 0.1) is 0 Å². The van der Waals surface area contributed by atoms with Crippen LogP contribution in [-0.2, 0) is 23.0 Å². The van der Waals surface area contributed by atoms with E-state index >= 15 is 0 Å². The Labute approximate surface area is 145 Å². The van der Waals surface area contributed by atoms with E-state index in [0.29, 0.717) is 5.39 Å². The molecule has 0 aliphatic rings. The molecule has 0 radical (unpaired) electrons. The van der Waals surface area contributed by atoms with Crippen LogP contribution in [0.25, 0.3) is 10.8 Å². The molecule has 132 valence electrons. The lowest BCUT2D eigenvalue weighted by molar-refractivity contribution is 0.484. The van der Waals surface area contributed by atoms with Gasteiger partial charge in [-0.2, -0.15) is 8.42 Å². The number of fused-ring (bicyclic) bond motifs is 1. The first kappa shape index (κ1) is 18.9. The predicted octanol–water partition coefficient (Wildman–Crippen LogP) is 5.55. The summed E-state index contributed by atoms with van der Waals surface area (Å²) >= 11 is 0. The summed E-state index contributed by atoms with van der Waals surface area (Å²) in [4.78, 5) is 0.0452. The van der Waals surface area contributed by atoms with E-state index in [2.05, 4.69) is 26.0 Å². The Morgan fingerprint density at radius 3 is 2.17 bits per heavy atom. The van der Waals surface area contributed by atoms with Gasteiger partial charge in [-0.05, 0) is 48.3 Å². The first-order chi connectivity index (χ1) is 11.5. The summed E-state index contributed by atoms with van der Waals surface area (Å²) < 4.78 is 33.4. The van der Waals surface area contributed by atoms with Gasteiger partial charge in [0.1, 0.15) is 4.90 Å². The topological polar surface area (TPSA) is 54.4 Å². The Morgan fingerprint density at radius 1 is 0.875 bits per heavy atom. The molecule has 1 N–H and O–H groups in total. The van der Waals surface area contributed by atoms with Crippen molar-refractivity contribution in [1.82, 2.24) is 0 Å². The Hall–Kier alpha value is -1.39. The highest BCUT2D eigenvalue weighted by atomic mass is 32.2. The Morgan fingerprint density at radius 2 is 1.54 bits per heavy atom. The fourth-order valence-corrected chi connectivity index (χ4v) is 3.95. The quantitative estimate of drug-likeness (QED) is 0.477. The van der Waals surface area contributed by atoms with Crippen LogP contribution in [0.2, 0.25) is 0 Å². The minimum Gasteiger partial charge on any atom is -0.282 e. The van der Waals surface area contributed by atoms with Gasteiger partial charge in [0.25, 0.3) is 10.1 Å². The summed E-state index contributed by atoms with van der Waals surface area (Å²) in [6.07, 6.45) is 8.48. The van der Waals surface area contributed by atoms with Crippen molar-refractivity contribution in [3.05, 3.63) is 41.5 Å². The molecule has 2 aromatic carbocycles. The first-order valence-corrected chi connectivity index (χ1v) is 10.4. The van der Waals surface area contributed by atoms with E-state index in [1.54, 1.807) is 12.1 Å². The normalized spacial score (nSPS) is 12.0. The van der Waals surface area contributed by atoms with Crippen molar-refractivity contribution in [2.45, 2.75) is 70.1 Å². The summed E-state index contributed by atoms with van der Waals surface area (Å²) in [7, 11) is -4.22. The molecule has 0 bridgehead atoms. The highest BCUT2D eigenvalue weighted by Crippen LogP contribution is 2.29. The van der Waals surface area contributed by atoms with Crippen LogP contribution in [0.5, 0.6) is 0 Å². The maximum atomic E-state index is 11.9. The van der Waals surface area contributed by atoms with Gasteiger partial charge < -0.3 is 0 Å². The van der Waals surface area contributed by atoms with E-state index in [-0.39, 0.29) is 4.90 Å². The second kappa shape index (κ2) is 8.63. The summed E-state index contributed by atoms with van der Waals surface area (Å²) in [5.74, 6) is 0. The third-order valence-corrected chi connectivity index (χ3v) is 5.40. The zero-order valence-electron chi connectivity index (χ0n) is 14.7. The van der Waals surface area contributed by atoms with E-state index in [1.807, 2.05) is 6.07 Å². The molecular formula is C20H28O3S. The highest BCUT2D eigenvalue weighted by molar-refractivity contribution is 7.86. The molecule has 0 unspecified atom stereocenters. The molecule has 0 amide bonds. The summed E-state index contributed by atoms with van der Waals surface area (Å²) in [5.41, 5.74) is 2.16. The van der Waals surface area contributed by atoms with Gasteiger partial charge in [-0.1, -0.05) is 63.8 Å². The largest absolute Gasteiger partial charge is 0.295 e. The second-order valence-corrected chi connectivity index (χ2v) is 7.89. The van der Waals surface area contributed by atoms with Crippen LogP contribution < -0.4 is 0 Å². The molecule has 0 aromatic heterocycles. The second-order valence-electron chi connectivity index (χ2n) is 6.50. The summed E-state index contributed by atoms with van der Waals surface area (Å²) in [6.45, 7) is 4.32. The molecule has 0 spiro atoms. The third-order valence-electron chi connectivity index (χ3n) is 4.50. The van der Waals surface area contributed by atoms with Crippen molar-refractivity contribution in [1.29, 1.82) is 0 Å². The molecule has 0 aliphatic carbocycles. The fourth-order valence-electron chi connectivity index (χ4n) is 3.19. The van der Waals surface area contributed by atoms with Crippen molar-refractivity contribution in [3.63, 3.8) is 0 Å². The average molecular weight is 349 g/mol. The Bertz CT molecular complexity index is 779. The number of rotatable bonds is 9. The van der Waals surface area contributed by atoms with Crippen LogP contribution in [0.15, 0.2) is 35.2 Å². The molecule has 4 heteroatoms. The van der Waals surface area contributed by atoms with Crippen LogP contribution in [-0.4, -0.2) is 13.0 Å². The van der Waals surface area contributed by atoms with Crippen molar-refractivity contribution >= 4 is 20.9 Å². The van der Waals surface area contributed by atoms with Gasteiger partial charge in [0.15, 0.2) is 0 Å². The van der Waals surface area contributed by atoms with Crippen molar-refractivity contribution in [2.24, 2.45) is 0 Å². The molecule has 2 aromatic rings. The zero-order valence-corrected chi connectivity index (χ0v) is 15.5. The summed E-state index contributed by atoms with van der Waals surface area (Å²) in [5, 5.41) is 1.60. The molecule has 0 saturated carbocycles. The smallest absolute Gasteiger partial charge is 0.282 e.